The van der Waals surface area contributed by atoms with E-state index >= 15 is 0 Å². The van der Waals surface area contributed by atoms with Crippen molar-refractivity contribution in [2.75, 3.05) is 17.6 Å². The Kier molecular flexibility index (Phi) is 3.11. The van der Waals surface area contributed by atoms with Gasteiger partial charge >= 0.3 is 0 Å². The van der Waals surface area contributed by atoms with E-state index in [1.54, 1.807) is 12.1 Å². The predicted molar refractivity (Wildman–Crippen MR) is 66.8 cm³/mol. The first kappa shape index (κ1) is 12.2. The SMILES string of the molecule is COc1ccc(NS(=O)(=O)c2cnc[nH]2)cc1N. The lowest BCUT2D eigenvalue weighted by Crippen LogP contribution is -2.13. The Morgan fingerprint density at radius 3 is 2.78 bits per heavy atom. The summed E-state index contributed by atoms with van der Waals surface area (Å²) in [5, 5.41) is -0.0168. The van der Waals surface area contributed by atoms with Crippen molar-refractivity contribution in [1.29, 1.82) is 0 Å². The minimum Gasteiger partial charge on any atom is -0.495 e. The van der Waals surface area contributed by atoms with E-state index in [4.69, 9.17) is 10.5 Å². The van der Waals surface area contributed by atoms with Crippen LogP contribution in [0, 0.1) is 0 Å². The van der Waals surface area contributed by atoms with E-state index in [1.807, 2.05) is 0 Å². The number of nitrogens with one attached hydrogen (secondary N) is 2. The second kappa shape index (κ2) is 4.57. The van der Waals surface area contributed by atoms with Gasteiger partial charge in [-0.15, -0.1) is 0 Å². The summed E-state index contributed by atoms with van der Waals surface area (Å²) in [6, 6.07) is 4.62. The Labute approximate surface area is 104 Å². The number of rotatable bonds is 4. The maximum absolute atomic E-state index is 11.9. The smallest absolute Gasteiger partial charge is 0.278 e. The third-order valence-corrected chi connectivity index (χ3v) is 3.55. The van der Waals surface area contributed by atoms with E-state index in [1.165, 1.54) is 25.7 Å². The summed E-state index contributed by atoms with van der Waals surface area (Å²) in [6.45, 7) is 0. The zero-order valence-electron chi connectivity index (χ0n) is 9.54. The number of benzene rings is 1. The number of anilines is 2. The number of nitrogen functional groups attached to an aromatic ring is 1. The van der Waals surface area contributed by atoms with Crippen molar-refractivity contribution in [1.82, 2.24) is 9.97 Å². The second-order valence-electron chi connectivity index (χ2n) is 3.48. The number of nitrogens with two attached hydrogens (primary N) is 1. The fourth-order valence-corrected chi connectivity index (χ4v) is 2.35. The molecule has 0 bridgehead atoms. The molecule has 0 unspecified atom stereocenters. The lowest BCUT2D eigenvalue weighted by atomic mass is 10.2. The molecule has 0 aliphatic rings. The van der Waals surface area contributed by atoms with Crippen LogP contribution in [0.2, 0.25) is 0 Å². The van der Waals surface area contributed by atoms with Gasteiger partial charge in [0.05, 0.1) is 31.0 Å². The zero-order chi connectivity index (χ0) is 13.2. The summed E-state index contributed by atoms with van der Waals surface area (Å²) >= 11 is 0. The Morgan fingerprint density at radius 2 is 2.22 bits per heavy atom. The molecular weight excluding hydrogens is 256 g/mol. The molecule has 0 aliphatic carbocycles. The first-order valence-corrected chi connectivity index (χ1v) is 6.46. The molecule has 1 aromatic heterocycles. The number of hydrogen-bond acceptors (Lipinski definition) is 5. The monoisotopic (exact) mass is 268 g/mol. The fourth-order valence-electron chi connectivity index (χ4n) is 1.40. The van der Waals surface area contributed by atoms with Gasteiger partial charge in [-0.2, -0.15) is 8.42 Å². The third-order valence-electron chi connectivity index (χ3n) is 2.24. The molecule has 0 radical (unpaired) electrons. The molecule has 0 atom stereocenters. The number of nitrogens with zero attached hydrogens (tertiary/aromatic N) is 1. The second-order valence-corrected chi connectivity index (χ2v) is 5.13. The quantitative estimate of drug-likeness (QED) is 0.710. The van der Waals surface area contributed by atoms with Gasteiger partial charge in [0, 0.05) is 0 Å². The van der Waals surface area contributed by atoms with Crippen LogP contribution in [-0.2, 0) is 10.0 Å². The minimum absolute atomic E-state index is 0.0168. The summed E-state index contributed by atoms with van der Waals surface area (Å²) < 4.78 is 31.1. The Balaban J connectivity index is 2.27. The van der Waals surface area contributed by atoms with Crippen molar-refractivity contribution in [3.63, 3.8) is 0 Å². The van der Waals surface area contributed by atoms with Gasteiger partial charge in [0.1, 0.15) is 5.75 Å². The third kappa shape index (κ3) is 2.38. The molecule has 7 nitrogen and oxygen atoms in total. The number of methoxy groups -OCH3 is 1. The molecule has 4 N–H and O–H groups in total. The molecule has 2 rings (SSSR count). The highest BCUT2D eigenvalue weighted by molar-refractivity contribution is 7.92. The molecule has 0 fully saturated rings. The summed E-state index contributed by atoms with van der Waals surface area (Å²) in [7, 11) is -2.18. The first-order chi connectivity index (χ1) is 8.53. The maximum atomic E-state index is 11.9. The van der Waals surface area contributed by atoms with Crippen molar-refractivity contribution >= 4 is 21.4 Å². The van der Waals surface area contributed by atoms with Gasteiger partial charge in [-0.05, 0) is 18.2 Å². The molecule has 0 amide bonds. The van der Waals surface area contributed by atoms with Crippen LogP contribution < -0.4 is 15.2 Å². The molecule has 18 heavy (non-hydrogen) atoms. The molecule has 0 spiro atoms. The average molecular weight is 268 g/mol. The van der Waals surface area contributed by atoms with Crippen LogP contribution in [-0.4, -0.2) is 25.5 Å². The van der Waals surface area contributed by atoms with E-state index < -0.39 is 10.0 Å². The summed E-state index contributed by atoms with van der Waals surface area (Å²) in [6.07, 6.45) is 2.51. The number of sulfonamides is 1. The largest absolute Gasteiger partial charge is 0.495 e. The lowest BCUT2D eigenvalue weighted by Gasteiger charge is -2.09. The number of ether oxygens (including phenoxy) is 1. The summed E-state index contributed by atoms with van der Waals surface area (Å²) in [4.78, 5) is 6.17. The van der Waals surface area contributed by atoms with Crippen LogP contribution >= 0.6 is 0 Å². The Morgan fingerprint density at radius 1 is 1.44 bits per heavy atom. The van der Waals surface area contributed by atoms with Crippen molar-refractivity contribution < 1.29 is 13.2 Å². The molecule has 1 aromatic carbocycles. The number of aromatic nitrogens is 2. The van der Waals surface area contributed by atoms with E-state index in [2.05, 4.69) is 14.7 Å². The summed E-state index contributed by atoms with van der Waals surface area (Å²) in [5.41, 5.74) is 6.39. The molecule has 96 valence electrons. The van der Waals surface area contributed by atoms with Crippen molar-refractivity contribution in [2.45, 2.75) is 5.03 Å². The van der Waals surface area contributed by atoms with Crippen LogP contribution in [0.4, 0.5) is 11.4 Å². The minimum atomic E-state index is -3.67. The van der Waals surface area contributed by atoms with E-state index in [9.17, 15) is 8.42 Å². The van der Waals surface area contributed by atoms with Gasteiger partial charge in [0.25, 0.3) is 10.0 Å². The highest BCUT2D eigenvalue weighted by Crippen LogP contribution is 2.25. The van der Waals surface area contributed by atoms with Gasteiger partial charge in [-0.1, -0.05) is 0 Å². The van der Waals surface area contributed by atoms with Gasteiger partial charge in [0.2, 0.25) is 0 Å². The van der Waals surface area contributed by atoms with Crippen LogP contribution in [0.5, 0.6) is 5.75 Å². The van der Waals surface area contributed by atoms with Gasteiger partial charge in [-0.3, -0.25) is 4.72 Å². The number of H-pyrrole nitrogens is 1. The van der Waals surface area contributed by atoms with Crippen LogP contribution in [0.1, 0.15) is 0 Å². The fraction of sp³-hybridized carbons (Fsp3) is 0.100. The van der Waals surface area contributed by atoms with Crippen LogP contribution in [0.15, 0.2) is 35.7 Å². The molecule has 0 aliphatic heterocycles. The van der Waals surface area contributed by atoms with Crippen molar-refractivity contribution in [2.24, 2.45) is 0 Å². The topological polar surface area (TPSA) is 110 Å². The lowest BCUT2D eigenvalue weighted by molar-refractivity contribution is 0.417. The van der Waals surface area contributed by atoms with E-state index in [0.717, 1.165) is 0 Å². The standard InChI is InChI=1S/C10H12N4O3S/c1-17-9-3-2-7(4-8(9)11)14-18(15,16)10-5-12-6-13-10/h2-6,14H,11H2,1H3,(H,12,13). The molecule has 1 heterocycles. The van der Waals surface area contributed by atoms with Gasteiger partial charge in [-0.25, -0.2) is 4.98 Å². The summed E-state index contributed by atoms with van der Waals surface area (Å²) in [5.74, 6) is 0.486. The maximum Gasteiger partial charge on any atom is 0.278 e. The Hall–Kier alpha value is -2.22. The number of aromatic amines is 1. The predicted octanol–water partition coefficient (Wildman–Crippen LogP) is 0.801. The number of hydrogen-bond donors (Lipinski definition) is 3. The highest BCUT2D eigenvalue weighted by Gasteiger charge is 2.15. The molecule has 0 saturated carbocycles. The van der Waals surface area contributed by atoms with E-state index in [-0.39, 0.29) is 5.03 Å². The van der Waals surface area contributed by atoms with Crippen LogP contribution in [0.3, 0.4) is 0 Å². The van der Waals surface area contributed by atoms with Gasteiger partial charge in [0.15, 0.2) is 5.03 Å². The van der Waals surface area contributed by atoms with Crippen LogP contribution in [0.25, 0.3) is 0 Å². The molecule has 0 saturated heterocycles. The molecular formula is C10H12N4O3S. The molecule has 8 heteroatoms. The Bertz CT molecular complexity index is 637. The highest BCUT2D eigenvalue weighted by atomic mass is 32.2. The van der Waals surface area contributed by atoms with Gasteiger partial charge < -0.3 is 15.5 Å². The van der Waals surface area contributed by atoms with E-state index in [0.29, 0.717) is 17.1 Å². The normalized spacial score (nSPS) is 11.2. The first-order valence-electron chi connectivity index (χ1n) is 4.97. The average Bonchev–Trinajstić information content (AvgIpc) is 2.82. The van der Waals surface area contributed by atoms with Crippen molar-refractivity contribution in [3.8, 4) is 5.75 Å². The van der Waals surface area contributed by atoms with Crippen molar-refractivity contribution in [3.05, 3.63) is 30.7 Å². The molecule has 2 aromatic rings. The number of imidazole rings is 1. The zero-order valence-corrected chi connectivity index (χ0v) is 10.4.